The van der Waals surface area contributed by atoms with Gasteiger partial charge >= 0.3 is 5.97 Å². The summed E-state index contributed by atoms with van der Waals surface area (Å²) < 4.78 is 0.817. The van der Waals surface area contributed by atoms with Gasteiger partial charge in [-0.1, -0.05) is 22.0 Å². The summed E-state index contributed by atoms with van der Waals surface area (Å²) in [5.74, 6) is -0.150. The van der Waals surface area contributed by atoms with Crippen LogP contribution in [0.1, 0.15) is 21.5 Å². The van der Waals surface area contributed by atoms with Gasteiger partial charge in [0, 0.05) is 20.8 Å². The van der Waals surface area contributed by atoms with Crippen LogP contribution in [0.3, 0.4) is 0 Å². The molecule has 0 saturated carbocycles. The van der Waals surface area contributed by atoms with E-state index in [4.69, 9.17) is 10.8 Å². The Balaban J connectivity index is 2.10. The highest BCUT2D eigenvalue weighted by molar-refractivity contribution is 9.10. The van der Waals surface area contributed by atoms with E-state index in [2.05, 4.69) is 22.0 Å². The Kier molecular flexibility index (Phi) is 4.73. The number of carboxylic acids is 1. The van der Waals surface area contributed by atoms with Crippen molar-refractivity contribution in [2.45, 2.75) is 17.6 Å². The number of nitrogen functional groups attached to an aromatic ring is 1. The Morgan fingerprint density at radius 3 is 2.65 bits per heavy atom. The van der Waals surface area contributed by atoms with Crippen LogP contribution in [0.25, 0.3) is 0 Å². The van der Waals surface area contributed by atoms with E-state index in [1.54, 1.807) is 23.9 Å². The summed E-state index contributed by atoms with van der Waals surface area (Å²) in [6, 6.07) is 11.0. The number of carbonyl (C=O) groups is 1. The minimum absolute atomic E-state index is 0.286. The van der Waals surface area contributed by atoms with Gasteiger partial charge in [-0.25, -0.2) is 4.79 Å². The van der Waals surface area contributed by atoms with Crippen molar-refractivity contribution in [1.82, 2.24) is 0 Å². The SMILES string of the molecule is Cc1cc(SCc2ccc(C(=O)O)cc2Br)ccc1N. The van der Waals surface area contributed by atoms with E-state index in [-0.39, 0.29) is 5.56 Å². The summed E-state index contributed by atoms with van der Waals surface area (Å²) in [7, 11) is 0. The lowest BCUT2D eigenvalue weighted by molar-refractivity contribution is 0.0697. The maximum atomic E-state index is 10.9. The molecule has 0 bridgehead atoms. The highest BCUT2D eigenvalue weighted by Gasteiger charge is 2.07. The molecule has 2 rings (SSSR count). The van der Waals surface area contributed by atoms with Gasteiger partial charge in [0.1, 0.15) is 0 Å². The summed E-state index contributed by atoms with van der Waals surface area (Å²) in [4.78, 5) is 12.0. The maximum absolute atomic E-state index is 10.9. The molecule has 20 heavy (non-hydrogen) atoms. The van der Waals surface area contributed by atoms with Crippen molar-refractivity contribution in [2.75, 3.05) is 5.73 Å². The van der Waals surface area contributed by atoms with Crippen LogP contribution in [0.4, 0.5) is 5.69 Å². The number of halogens is 1. The van der Waals surface area contributed by atoms with Crippen LogP contribution in [0.15, 0.2) is 45.8 Å². The summed E-state index contributed by atoms with van der Waals surface area (Å²) in [5, 5.41) is 8.93. The van der Waals surface area contributed by atoms with Crippen LogP contribution in [0, 0.1) is 6.92 Å². The van der Waals surface area contributed by atoms with Gasteiger partial charge in [0.25, 0.3) is 0 Å². The normalized spacial score (nSPS) is 10.5. The smallest absolute Gasteiger partial charge is 0.335 e. The van der Waals surface area contributed by atoms with E-state index in [1.165, 1.54) is 0 Å². The van der Waals surface area contributed by atoms with Crippen LogP contribution in [0.5, 0.6) is 0 Å². The number of hydrogen-bond acceptors (Lipinski definition) is 3. The first kappa shape index (κ1) is 14.9. The first-order chi connectivity index (χ1) is 9.47. The largest absolute Gasteiger partial charge is 0.478 e. The average Bonchev–Trinajstić information content (AvgIpc) is 2.41. The van der Waals surface area contributed by atoms with E-state index >= 15 is 0 Å². The number of thioether (sulfide) groups is 1. The first-order valence-electron chi connectivity index (χ1n) is 5.98. The summed E-state index contributed by atoms with van der Waals surface area (Å²) in [6.07, 6.45) is 0. The molecule has 3 nitrogen and oxygen atoms in total. The van der Waals surface area contributed by atoms with E-state index in [0.29, 0.717) is 0 Å². The lowest BCUT2D eigenvalue weighted by Gasteiger charge is -2.07. The third kappa shape index (κ3) is 3.55. The van der Waals surface area contributed by atoms with Crippen molar-refractivity contribution in [3.05, 3.63) is 57.6 Å². The van der Waals surface area contributed by atoms with Crippen LogP contribution >= 0.6 is 27.7 Å². The molecule has 2 aromatic carbocycles. The Labute approximate surface area is 130 Å². The molecule has 0 aliphatic rings. The molecule has 2 aromatic rings. The summed E-state index contributed by atoms with van der Waals surface area (Å²) >= 11 is 5.11. The molecule has 5 heteroatoms. The molecule has 0 saturated heterocycles. The molecule has 0 aliphatic carbocycles. The number of aromatic carboxylic acids is 1. The summed E-state index contributed by atoms with van der Waals surface area (Å²) in [6.45, 7) is 1.98. The second kappa shape index (κ2) is 6.33. The molecular formula is C15H14BrNO2S. The van der Waals surface area contributed by atoms with E-state index in [9.17, 15) is 4.79 Å². The number of nitrogens with two attached hydrogens (primary N) is 1. The molecule has 0 spiro atoms. The number of rotatable bonds is 4. The molecule has 3 N–H and O–H groups in total. The second-order valence-electron chi connectivity index (χ2n) is 4.42. The molecule has 0 heterocycles. The molecule has 0 radical (unpaired) electrons. The molecule has 0 fully saturated rings. The monoisotopic (exact) mass is 351 g/mol. The third-order valence-corrected chi connectivity index (χ3v) is 4.72. The van der Waals surface area contributed by atoms with Crippen molar-refractivity contribution in [3.63, 3.8) is 0 Å². The first-order valence-corrected chi connectivity index (χ1v) is 7.76. The standard InChI is InChI=1S/C15H14BrNO2S/c1-9-6-12(4-5-14(9)17)20-8-11-3-2-10(15(18)19)7-13(11)16/h2-7H,8,17H2,1H3,(H,18,19). The predicted octanol–water partition coefficient (Wildman–Crippen LogP) is 4.33. The number of hydrogen-bond donors (Lipinski definition) is 2. The van der Waals surface area contributed by atoms with Crippen LogP contribution in [-0.4, -0.2) is 11.1 Å². The molecule has 0 atom stereocenters. The number of benzene rings is 2. The molecule has 0 aliphatic heterocycles. The lowest BCUT2D eigenvalue weighted by atomic mass is 10.1. The Hall–Kier alpha value is -1.46. The van der Waals surface area contributed by atoms with Gasteiger partial charge in [0.2, 0.25) is 0 Å². The molecule has 104 valence electrons. The van der Waals surface area contributed by atoms with Gasteiger partial charge in [-0.3, -0.25) is 0 Å². The summed E-state index contributed by atoms with van der Waals surface area (Å²) in [5.41, 5.74) is 9.00. The predicted molar refractivity (Wildman–Crippen MR) is 86.3 cm³/mol. The van der Waals surface area contributed by atoms with Crippen molar-refractivity contribution in [3.8, 4) is 0 Å². The molecule has 0 amide bonds. The number of anilines is 1. The quantitative estimate of drug-likeness (QED) is 0.635. The van der Waals surface area contributed by atoms with Crippen molar-refractivity contribution >= 4 is 39.3 Å². The fourth-order valence-corrected chi connectivity index (χ4v) is 3.40. The highest BCUT2D eigenvalue weighted by atomic mass is 79.9. The molecular weight excluding hydrogens is 338 g/mol. The average molecular weight is 352 g/mol. The zero-order chi connectivity index (χ0) is 14.7. The van der Waals surface area contributed by atoms with Crippen molar-refractivity contribution < 1.29 is 9.90 Å². The van der Waals surface area contributed by atoms with Crippen molar-refractivity contribution in [2.24, 2.45) is 0 Å². The van der Waals surface area contributed by atoms with Crippen LogP contribution in [0.2, 0.25) is 0 Å². The second-order valence-corrected chi connectivity index (χ2v) is 6.32. The Bertz CT molecular complexity index is 658. The van der Waals surface area contributed by atoms with Crippen LogP contribution < -0.4 is 5.73 Å². The molecule has 0 unspecified atom stereocenters. The van der Waals surface area contributed by atoms with E-state index in [0.717, 1.165) is 31.9 Å². The number of aryl methyl sites for hydroxylation is 1. The van der Waals surface area contributed by atoms with Crippen LogP contribution in [-0.2, 0) is 5.75 Å². The fourth-order valence-electron chi connectivity index (χ4n) is 1.70. The van der Waals surface area contributed by atoms with Gasteiger partial charge in [0.15, 0.2) is 0 Å². The van der Waals surface area contributed by atoms with Gasteiger partial charge in [-0.2, -0.15) is 0 Å². The topological polar surface area (TPSA) is 63.3 Å². The minimum Gasteiger partial charge on any atom is -0.478 e. The minimum atomic E-state index is -0.918. The van der Waals surface area contributed by atoms with Crippen molar-refractivity contribution in [1.29, 1.82) is 0 Å². The Morgan fingerprint density at radius 1 is 1.30 bits per heavy atom. The van der Waals surface area contributed by atoms with Gasteiger partial charge in [0.05, 0.1) is 5.56 Å². The third-order valence-electron chi connectivity index (χ3n) is 2.94. The Morgan fingerprint density at radius 2 is 2.05 bits per heavy atom. The maximum Gasteiger partial charge on any atom is 0.335 e. The van der Waals surface area contributed by atoms with E-state index in [1.807, 2.05) is 25.1 Å². The van der Waals surface area contributed by atoms with E-state index < -0.39 is 5.97 Å². The van der Waals surface area contributed by atoms with Gasteiger partial charge < -0.3 is 10.8 Å². The lowest BCUT2D eigenvalue weighted by Crippen LogP contribution is -1.97. The highest BCUT2D eigenvalue weighted by Crippen LogP contribution is 2.29. The van der Waals surface area contributed by atoms with Gasteiger partial charge in [-0.05, 0) is 48.4 Å². The van der Waals surface area contributed by atoms with Gasteiger partial charge in [-0.15, -0.1) is 11.8 Å². The number of carboxylic acid groups (broad SMARTS) is 1. The fraction of sp³-hybridized carbons (Fsp3) is 0.133. The molecule has 0 aromatic heterocycles. The zero-order valence-corrected chi connectivity index (χ0v) is 13.3. The zero-order valence-electron chi connectivity index (χ0n) is 10.9.